The van der Waals surface area contributed by atoms with Gasteiger partial charge in [-0.15, -0.1) is 0 Å². The maximum atomic E-state index is 12.2. The maximum absolute atomic E-state index is 12.2. The Hall–Kier alpha value is -3.67. The van der Waals surface area contributed by atoms with Gasteiger partial charge in [0, 0.05) is 16.5 Å². The zero-order chi connectivity index (χ0) is 19.8. The second kappa shape index (κ2) is 6.81. The molecule has 2 aromatic heterocycles. The number of hydrogen-bond donors (Lipinski definition) is 2. The van der Waals surface area contributed by atoms with Crippen LogP contribution in [0.5, 0.6) is 0 Å². The molecule has 4 rings (SSSR count). The molecule has 2 heterocycles. The molecule has 0 unspecified atom stereocenters. The fraction of sp³-hybridized carbons (Fsp3) is 0.136. The molecule has 0 aliphatic carbocycles. The Labute approximate surface area is 160 Å². The van der Waals surface area contributed by atoms with Gasteiger partial charge in [0.05, 0.1) is 34.0 Å². The van der Waals surface area contributed by atoms with E-state index < -0.39 is 11.9 Å². The first-order valence-corrected chi connectivity index (χ1v) is 8.90. The number of benzene rings is 2. The van der Waals surface area contributed by atoms with Crippen LogP contribution in [0.4, 0.5) is 0 Å². The number of aromatic carboxylic acids is 1. The van der Waals surface area contributed by atoms with Gasteiger partial charge >= 0.3 is 11.9 Å². The molecule has 0 radical (unpaired) electrons. The van der Waals surface area contributed by atoms with E-state index in [1.54, 1.807) is 38.1 Å². The zero-order valence-electron chi connectivity index (χ0n) is 15.4. The molecule has 0 amide bonds. The number of carbonyl (C=O) groups excluding carboxylic acids is 1. The molecule has 0 saturated carbocycles. The number of aromatic amines is 1. The highest BCUT2D eigenvalue weighted by Gasteiger charge is 2.18. The Balaban J connectivity index is 1.93. The van der Waals surface area contributed by atoms with Crippen molar-refractivity contribution in [3.63, 3.8) is 0 Å². The fourth-order valence-corrected chi connectivity index (χ4v) is 3.19. The third kappa shape index (κ3) is 3.09. The molecule has 6 heteroatoms. The van der Waals surface area contributed by atoms with E-state index >= 15 is 0 Å². The van der Waals surface area contributed by atoms with Crippen molar-refractivity contribution in [3.8, 4) is 11.3 Å². The van der Waals surface area contributed by atoms with E-state index in [2.05, 4.69) is 9.97 Å². The zero-order valence-corrected chi connectivity index (χ0v) is 15.4. The van der Waals surface area contributed by atoms with Gasteiger partial charge in [0.2, 0.25) is 0 Å². The summed E-state index contributed by atoms with van der Waals surface area (Å²) in [7, 11) is 0. The average molecular weight is 374 g/mol. The van der Waals surface area contributed by atoms with E-state index in [0.29, 0.717) is 27.8 Å². The maximum Gasteiger partial charge on any atom is 0.338 e. The highest BCUT2D eigenvalue weighted by atomic mass is 16.5. The monoisotopic (exact) mass is 374 g/mol. The highest BCUT2D eigenvalue weighted by molar-refractivity contribution is 6.13. The number of nitrogens with one attached hydrogen (secondary N) is 1. The molecule has 0 fully saturated rings. The van der Waals surface area contributed by atoms with Crippen LogP contribution in [0.2, 0.25) is 0 Å². The third-order valence-electron chi connectivity index (χ3n) is 4.43. The number of nitrogens with zero attached hydrogens (tertiary/aromatic N) is 1. The van der Waals surface area contributed by atoms with Crippen LogP contribution < -0.4 is 0 Å². The van der Waals surface area contributed by atoms with Crippen molar-refractivity contribution in [1.82, 2.24) is 9.97 Å². The molecule has 0 spiro atoms. The summed E-state index contributed by atoms with van der Waals surface area (Å²) in [4.78, 5) is 31.8. The number of pyridine rings is 1. The van der Waals surface area contributed by atoms with E-state index in [1.165, 1.54) is 0 Å². The molecular formula is C22H18N2O4. The number of aromatic nitrogens is 2. The van der Waals surface area contributed by atoms with Crippen molar-refractivity contribution in [3.05, 3.63) is 65.7 Å². The second-order valence-corrected chi connectivity index (χ2v) is 6.79. The third-order valence-corrected chi connectivity index (χ3v) is 4.43. The van der Waals surface area contributed by atoms with E-state index in [1.807, 2.05) is 30.3 Å². The molecule has 6 nitrogen and oxygen atoms in total. The number of fused-ring (bicyclic) bond motifs is 3. The van der Waals surface area contributed by atoms with Gasteiger partial charge in [-0.3, -0.25) is 0 Å². The van der Waals surface area contributed by atoms with Crippen molar-refractivity contribution < 1.29 is 19.4 Å². The molecule has 4 aromatic rings. The summed E-state index contributed by atoms with van der Waals surface area (Å²) in [6.45, 7) is 3.57. The molecule has 2 aromatic carbocycles. The summed E-state index contributed by atoms with van der Waals surface area (Å²) < 4.78 is 5.24. The first-order valence-electron chi connectivity index (χ1n) is 8.90. The van der Waals surface area contributed by atoms with Crippen LogP contribution in [0.25, 0.3) is 33.2 Å². The first-order chi connectivity index (χ1) is 13.4. The van der Waals surface area contributed by atoms with Gasteiger partial charge in [0.15, 0.2) is 0 Å². The van der Waals surface area contributed by atoms with Crippen LogP contribution in [-0.4, -0.2) is 33.1 Å². The SMILES string of the molecule is CC(C)OC(=O)c1ccc2c(c1)[nH]c1c(C(=O)O)cc(-c3ccccc3)nc12. The van der Waals surface area contributed by atoms with Gasteiger partial charge < -0.3 is 14.8 Å². The second-order valence-electron chi connectivity index (χ2n) is 6.79. The molecule has 140 valence electrons. The molecule has 0 saturated heterocycles. The van der Waals surface area contributed by atoms with Gasteiger partial charge in [0.25, 0.3) is 0 Å². The smallest absolute Gasteiger partial charge is 0.338 e. The number of carboxylic acids is 1. The molecule has 28 heavy (non-hydrogen) atoms. The largest absolute Gasteiger partial charge is 0.478 e. The Morgan fingerprint density at radius 3 is 2.50 bits per heavy atom. The lowest BCUT2D eigenvalue weighted by Gasteiger charge is -2.07. The van der Waals surface area contributed by atoms with Crippen LogP contribution in [0.1, 0.15) is 34.6 Å². The number of rotatable bonds is 4. The van der Waals surface area contributed by atoms with Gasteiger partial charge in [-0.2, -0.15) is 0 Å². The number of hydrogen-bond acceptors (Lipinski definition) is 4. The molecule has 0 aliphatic rings. The Morgan fingerprint density at radius 2 is 1.82 bits per heavy atom. The van der Waals surface area contributed by atoms with Crippen LogP contribution in [-0.2, 0) is 4.74 Å². The van der Waals surface area contributed by atoms with Crippen LogP contribution in [0.3, 0.4) is 0 Å². The molecule has 2 N–H and O–H groups in total. The molecule has 0 bridgehead atoms. The first kappa shape index (κ1) is 17.7. The topological polar surface area (TPSA) is 92.3 Å². The van der Waals surface area contributed by atoms with E-state index in [-0.39, 0.29) is 11.7 Å². The van der Waals surface area contributed by atoms with Crippen LogP contribution in [0, 0.1) is 0 Å². The summed E-state index contributed by atoms with van der Waals surface area (Å²) in [5, 5.41) is 10.4. The van der Waals surface area contributed by atoms with Crippen LogP contribution in [0.15, 0.2) is 54.6 Å². The minimum Gasteiger partial charge on any atom is -0.478 e. The van der Waals surface area contributed by atoms with Gasteiger partial charge in [-0.05, 0) is 38.1 Å². The Bertz CT molecular complexity index is 1210. The summed E-state index contributed by atoms with van der Waals surface area (Å²) in [6, 6.07) is 16.1. The predicted molar refractivity (Wildman–Crippen MR) is 107 cm³/mol. The minimum atomic E-state index is -1.05. The molecule has 0 aliphatic heterocycles. The summed E-state index contributed by atoms with van der Waals surface area (Å²) in [6.07, 6.45) is -0.223. The lowest BCUT2D eigenvalue weighted by atomic mass is 10.1. The van der Waals surface area contributed by atoms with E-state index in [4.69, 9.17) is 4.74 Å². The summed E-state index contributed by atoms with van der Waals surface area (Å²) >= 11 is 0. The quantitative estimate of drug-likeness (QED) is 0.507. The minimum absolute atomic E-state index is 0.131. The van der Waals surface area contributed by atoms with Gasteiger partial charge in [0.1, 0.15) is 0 Å². The van der Waals surface area contributed by atoms with Crippen LogP contribution >= 0.6 is 0 Å². The van der Waals surface area contributed by atoms with Crippen molar-refractivity contribution in [1.29, 1.82) is 0 Å². The van der Waals surface area contributed by atoms with Crippen molar-refractivity contribution in [2.24, 2.45) is 0 Å². The lowest BCUT2D eigenvalue weighted by molar-refractivity contribution is 0.0377. The number of esters is 1. The Morgan fingerprint density at radius 1 is 1.07 bits per heavy atom. The van der Waals surface area contributed by atoms with Gasteiger partial charge in [-0.25, -0.2) is 14.6 Å². The number of carboxylic acid groups (broad SMARTS) is 1. The van der Waals surface area contributed by atoms with E-state index in [9.17, 15) is 14.7 Å². The predicted octanol–water partition coefficient (Wildman–Crippen LogP) is 4.65. The van der Waals surface area contributed by atoms with Crippen molar-refractivity contribution >= 4 is 33.9 Å². The number of carbonyl (C=O) groups is 2. The lowest BCUT2D eigenvalue weighted by Crippen LogP contribution is -2.11. The summed E-state index contributed by atoms with van der Waals surface area (Å²) in [5.74, 6) is -1.47. The average Bonchev–Trinajstić information content (AvgIpc) is 3.05. The Kier molecular flexibility index (Phi) is 4.31. The number of ether oxygens (including phenoxy) is 1. The number of H-pyrrole nitrogens is 1. The standard InChI is InChI=1S/C22H18N2O4/c1-12(2)28-22(27)14-8-9-15-18(10-14)24-20-16(21(25)26)11-17(23-19(15)20)13-6-4-3-5-7-13/h3-12,24H,1-2H3,(H,25,26). The molecular weight excluding hydrogens is 356 g/mol. The fourth-order valence-electron chi connectivity index (χ4n) is 3.19. The molecule has 0 atom stereocenters. The highest BCUT2D eigenvalue weighted by Crippen LogP contribution is 2.30. The van der Waals surface area contributed by atoms with Crippen molar-refractivity contribution in [2.75, 3.05) is 0 Å². The van der Waals surface area contributed by atoms with Gasteiger partial charge in [-0.1, -0.05) is 30.3 Å². The normalized spacial score (nSPS) is 11.2. The van der Waals surface area contributed by atoms with Crippen molar-refractivity contribution in [2.45, 2.75) is 20.0 Å². The summed E-state index contributed by atoms with van der Waals surface area (Å²) in [5.41, 5.74) is 3.55. The van der Waals surface area contributed by atoms with E-state index in [0.717, 1.165) is 10.9 Å².